The lowest BCUT2D eigenvalue weighted by atomic mass is 9.93. The van der Waals surface area contributed by atoms with Crippen molar-refractivity contribution >= 4 is 5.91 Å². The molecule has 0 aromatic heterocycles. The number of likely N-dealkylation sites (tertiary alicyclic amines) is 1. The molecule has 2 aliphatic rings. The molecule has 0 spiro atoms. The second kappa shape index (κ2) is 6.71. The molecule has 4 heteroatoms. The van der Waals surface area contributed by atoms with E-state index in [9.17, 15) is 4.79 Å². The van der Waals surface area contributed by atoms with E-state index in [-0.39, 0.29) is 6.17 Å². The lowest BCUT2D eigenvalue weighted by Gasteiger charge is -2.31. The van der Waals surface area contributed by atoms with E-state index in [1.54, 1.807) is 0 Å². The van der Waals surface area contributed by atoms with E-state index in [0.29, 0.717) is 18.4 Å². The summed E-state index contributed by atoms with van der Waals surface area (Å²) in [5.41, 5.74) is 0. The standard InChI is InChI=1S/C15H29N3O/c1-12(2)10-14-16-11-15(19)18(14)9-6-13-4-7-17(3)8-5-13/h12-14,16H,4-11H2,1-3H3. The number of carbonyl (C=O) groups excluding carboxylic acids is 1. The van der Waals surface area contributed by atoms with Gasteiger partial charge in [-0.2, -0.15) is 0 Å². The molecule has 2 fully saturated rings. The Morgan fingerprint density at radius 2 is 2.00 bits per heavy atom. The highest BCUT2D eigenvalue weighted by Crippen LogP contribution is 2.22. The number of hydrogen-bond acceptors (Lipinski definition) is 3. The maximum atomic E-state index is 11.9. The molecule has 2 rings (SSSR count). The summed E-state index contributed by atoms with van der Waals surface area (Å²) in [6, 6.07) is 0. The zero-order chi connectivity index (χ0) is 13.8. The maximum Gasteiger partial charge on any atom is 0.237 e. The van der Waals surface area contributed by atoms with Crippen LogP contribution in [0, 0.1) is 11.8 Å². The maximum absolute atomic E-state index is 11.9. The van der Waals surface area contributed by atoms with Crippen molar-refractivity contribution in [1.29, 1.82) is 0 Å². The first-order chi connectivity index (χ1) is 9.06. The van der Waals surface area contributed by atoms with Crippen molar-refractivity contribution in [2.24, 2.45) is 11.8 Å². The number of nitrogens with zero attached hydrogens (tertiary/aromatic N) is 2. The molecular formula is C15H29N3O. The smallest absolute Gasteiger partial charge is 0.237 e. The van der Waals surface area contributed by atoms with Gasteiger partial charge in [0.2, 0.25) is 5.91 Å². The molecule has 0 saturated carbocycles. The lowest BCUT2D eigenvalue weighted by Crippen LogP contribution is -2.40. The molecule has 0 aromatic carbocycles. The number of hydrogen-bond donors (Lipinski definition) is 1. The molecule has 19 heavy (non-hydrogen) atoms. The van der Waals surface area contributed by atoms with Crippen LogP contribution in [0.3, 0.4) is 0 Å². The number of rotatable bonds is 5. The van der Waals surface area contributed by atoms with E-state index in [0.717, 1.165) is 18.9 Å². The van der Waals surface area contributed by atoms with Crippen molar-refractivity contribution in [2.75, 3.05) is 33.2 Å². The van der Waals surface area contributed by atoms with Crippen LogP contribution in [0.15, 0.2) is 0 Å². The Morgan fingerprint density at radius 3 is 2.63 bits per heavy atom. The first-order valence-electron chi connectivity index (χ1n) is 7.77. The SMILES string of the molecule is CC(C)CC1NCC(=O)N1CCC1CCN(C)CC1. The van der Waals surface area contributed by atoms with Crippen LogP contribution >= 0.6 is 0 Å². The molecule has 0 aliphatic carbocycles. The van der Waals surface area contributed by atoms with Crippen LogP contribution < -0.4 is 5.32 Å². The summed E-state index contributed by atoms with van der Waals surface area (Å²) in [4.78, 5) is 16.4. The molecule has 4 nitrogen and oxygen atoms in total. The minimum absolute atomic E-state index is 0.277. The third kappa shape index (κ3) is 4.18. The molecule has 1 unspecified atom stereocenters. The molecule has 2 heterocycles. The van der Waals surface area contributed by atoms with Gasteiger partial charge >= 0.3 is 0 Å². The quantitative estimate of drug-likeness (QED) is 0.820. The summed E-state index contributed by atoms with van der Waals surface area (Å²) in [7, 11) is 2.20. The lowest BCUT2D eigenvalue weighted by molar-refractivity contribution is -0.128. The van der Waals surface area contributed by atoms with E-state index in [1.807, 2.05) is 0 Å². The Balaban J connectivity index is 1.78. The van der Waals surface area contributed by atoms with E-state index in [4.69, 9.17) is 0 Å². The van der Waals surface area contributed by atoms with Crippen LogP contribution in [0.5, 0.6) is 0 Å². The van der Waals surface area contributed by atoms with Crippen LogP contribution in [-0.2, 0) is 4.79 Å². The fraction of sp³-hybridized carbons (Fsp3) is 0.933. The Morgan fingerprint density at radius 1 is 1.32 bits per heavy atom. The summed E-state index contributed by atoms with van der Waals surface area (Å²) in [5, 5.41) is 3.35. The predicted octanol–water partition coefficient (Wildman–Crippen LogP) is 1.52. The summed E-state index contributed by atoms with van der Waals surface area (Å²) in [5.74, 6) is 1.73. The zero-order valence-electron chi connectivity index (χ0n) is 12.7. The van der Waals surface area contributed by atoms with Gasteiger partial charge in [-0.05, 0) is 57.7 Å². The van der Waals surface area contributed by atoms with Crippen molar-refractivity contribution in [3.63, 3.8) is 0 Å². The van der Waals surface area contributed by atoms with Crippen molar-refractivity contribution in [1.82, 2.24) is 15.1 Å². The average molecular weight is 267 g/mol. The summed E-state index contributed by atoms with van der Waals surface area (Å²) in [6.45, 7) is 8.35. The Bertz CT molecular complexity index is 298. The van der Waals surface area contributed by atoms with Crippen LogP contribution in [0.4, 0.5) is 0 Å². The highest BCUT2D eigenvalue weighted by atomic mass is 16.2. The second-order valence-electron chi connectivity index (χ2n) is 6.65. The van der Waals surface area contributed by atoms with E-state index in [2.05, 4.69) is 36.0 Å². The highest BCUT2D eigenvalue weighted by Gasteiger charge is 2.31. The van der Waals surface area contributed by atoms with E-state index < -0.39 is 0 Å². The van der Waals surface area contributed by atoms with Gasteiger partial charge in [-0.15, -0.1) is 0 Å². The first kappa shape index (κ1) is 14.8. The average Bonchev–Trinajstić information content (AvgIpc) is 2.69. The van der Waals surface area contributed by atoms with E-state index >= 15 is 0 Å². The molecule has 2 aliphatic heterocycles. The Hall–Kier alpha value is -0.610. The Labute approximate surface area is 117 Å². The van der Waals surface area contributed by atoms with Gasteiger partial charge in [0, 0.05) is 6.54 Å². The van der Waals surface area contributed by atoms with Gasteiger partial charge < -0.3 is 9.80 Å². The molecule has 0 bridgehead atoms. The van der Waals surface area contributed by atoms with Gasteiger partial charge in [0.1, 0.15) is 0 Å². The number of piperidine rings is 1. The van der Waals surface area contributed by atoms with Gasteiger partial charge in [0.05, 0.1) is 12.7 Å². The molecule has 2 saturated heterocycles. The topological polar surface area (TPSA) is 35.6 Å². The van der Waals surface area contributed by atoms with Gasteiger partial charge in [0.15, 0.2) is 0 Å². The van der Waals surface area contributed by atoms with Crippen LogP contribution in [0.2, 0.25) is 0 Å². The minimum atomic E-state index is 0.277. The third-order valence-electron chi connectivity index (χ3n) is 4.50. The largest absolute Gasteiger partial charge is 0.326 e. The van der Waals surface area contributed by atoms with Crippen molar-refractivity contribution in [2.45, 2.75) is 45.7 Å². The first-order valence-corrected chi connectivity index (χ1v) is 7.77. The van der Waals surface area contributed by atoms with Gasteiger partial charge in [-0.3, -0.25) is 10.1 Å². The summed E-state index contributed by atoms with van der Waals surface area (Å²) in [6.07, 6.45) is 5.11. The molecule has 1 atom stereocenters. The summed E-state index contributed by atoms with van der Waals surface area (Å²) >= 11 is 0. The van der Waals surface area contributed by atoms with Crippen LogP contribution in [0.25, 0.3) is 0 Å². The van der Waals surface area contributed by atoms with Gasteiger partial charge in [0.25, 0.3) is 0 Å². The van der Waals surface area contributed by atoms with Crippen molar-refractivity contribution in [3.05, 3.63) is 0 Å². The molecular weight excluding hydrogens is 238 g/mol. The third-order valence-corrected chi connectivity index (χ3v) is 4.50. The molecule has 0 aromatic rings. The van der Waals surface area contributed by atoms with E-state index in [1.165, 1.54) is 32.4 Å². The van der Waals surface area contributed by atoms with Crippen LogP contribution in [0.1, 0.15) is 39.5 Å². The normalized spacial score (nSPS) is 26.6. The number of amides is 1. The minimum Gasteiger partial charge on any atom is -0.326 e. The highest BCUT2D eigenvalue weighted by molar-refractivity contribution is 5.80. The molecule has 1 N–H and O–H groups in total. The Kier molecular flexibility index (Phi) is 5.22. The monoisotopic (exact) mass is 267 g/mol. The fourth-order valence-corrected chi connectivity index (χ4v) is 3.20. The molecule has 1 amide bonds. The van der Waals surface area contributed by atoms with Crippen molar-refractivity contribution < 1.29 is 4.79 Å². The van der Waals surface area contributed by atoms with Gasteiger partial charge in [-0.25, -0.2) is 0 Å². The molecule has 110 valence electrons. The van der Waals surface area contributed by atoms with Gasteiger partial charge in [-0.1, -0.05) is 13.8 Å². The summed E-state index contributed by atoms with van der Waals surface area (Å²) < 4.78 is 0. The zero-order valence-corrected chi connectivity index (χ0v) is 12.7. The number of nitrogens with one attached hydrogen (secondary N) is 1. The predicted molar refractivity (Wildman–Crippen MR) is 77.8 cm³/mol. The number of carbonyl (C=O) groups is 1. The van der Waals surface area contributed by atoms with Crippen LogP contribution in [-0.4, -0.2) is 55.1 Å². The molecule has 0 radical (unpaired) electrons. The fourth-order valence-electron chi connectivity index (χ4n) is 3.20. The second-order valence-corrected chi connectivity index (χ2v) is 6.65. The van der Waals surface area contributed by atoms with Crippen molar-refractivity contribution in [3.8, 4) is 0 Å².